The Balaban J connectivity index is 1.92. The van der Waals surface area contributed by atoms with E-state index in [9.17, 15) is 0 Å². The van der Waals surface area contributed by atoms with Crippen LogP contribution in [0.1, 0.15) is 58.3 Å². The van der Waals surface area contributed by atoms with Crippen molar-refractivity contribution in [2.75, 3.05) is 19.8 Å². The highest BCUT2D eigenvalue weighted by molar-refractivity contribution is 4.85. The van der Waals surface area contributed by atoms with Crippen LogP contribution < -0.4 is 5.73 Å². The normalized spacial score (nSPS) is 34.5. The van der Waals surface area contributed by atoms with E-state index in [0.29, 0.717) is 6.04 Å². The summed E-state index contributed by atoms with van der Waals surface area (Å²) in [6.45, 7) is 5.47. The maximum absolute atomic E-state index is 6.04. The number of ether oxygens (including phenoxy) is 1. The van der Waals surface area contributed by atoms with Crippen LogP contribution in [0.5, 0.6) is 0 Å². The van der Waals surface area contributed by atoms with Gasteiger partial charge in [-0.05, 0) is 57.9 Å². The number of nitrogens with two attached hydrogens (primary N) is 1. The molecule has 0 aromatic heterocycles. The zero-order valence-electron chi connectivity index (χ0n) is 11.9. The molecule has 3 heteroatoms. The summed E-state index contributed by atoms with van der Waals surface area (Å²) in [4.78, 5) is 2.79. The molecule has 1 atom stereocenters. The van der Waals surface area contributed by atoms with Crippen LogP contribution in [0.25, 0.3) is 0 Å². The van der Waals surface area contributed by atoms with Gasteiger partial charge in [-0.2, -0.15) is 0 Å². The molecule has 18 heavy (non-hydrogen) atoms. The zero-order valence-corrected chi connectivity index (χ0v) is 11.9. The van der Waals surface area contributed by atoms with E-state index in [1.807, 2.05) is 0 Å². The predicted octanol–water partition coefficient (Wildman–Crippen LogP) is 2.54. The van der Waals surface area contributed by atoms with Crippen LogP contribution in [-0.4, -0.2) is 42.8 Å². The highest BCUT2D eigenvalue weighted by Gasteiger charge is 2.29. The number of hydrogen-bond donors (Lipinski definition) is 1. The van der Waals surface area contributed by atoms with Gasteiger partial charge in [0.2, 0.25) is 0 Å². The summed E-state index contributed by atoms with van der Waals surface area (Å²) in [5.41, 5.74) is 6.04. The van der Waals surface area contributed by atoms with Gasteiger partial charge in [-0.15, -0.1) is 0 Å². The van der Waals surface area contributed by atoms with Gasteiger partial charge in [0.15, 0.2) is 0 Å². The number of nitrogens with zero attached hydrogens (tertiary/aromatic N) is 1. The van der Waals surface area contributed by atoms with Crippen molar-refractivity contribution in [1.82, 2.24) is 4.90 Å². The van der Waals surface area contributed by atoms with Gasteiger partial charge in [0.25, 0.3) is 0 Å². The smallest absolute Gasteiger partial charge is 0.0480 e. The second kappa shape index (κ2) is 7.46. The third-order valence-corrected chi connectivity index (χ3v) is 4.58. The summed E-state index contributed by atoms with van der Waals surface area (Å²) in [6.07, 6.45) is 10.1. The van der Waals surface area contributed by atoms with E-state index in [0.717, 1.165) is 25.3 Å². The Kier molecular flexibility index (Phi) is 5.93. The van der Waals surface area contributed by atoms with Crippen LogP contribution in [0.15, 0.2) is 0 Å². The van der Waals surface area contributed by atoms with Crippen molar-refractivity contribution < 1.29 is 4.74 Å². The molecule has 0 aromatic carbocycles. The largest absolute Gasteiger partial charge is 0.381 e. The lowest BCUT2D eigenvalue weighted by atomic mass is 9.89. The summed E-state index contributed by atoms with van der Waals surface area (Å²) in [5, 5.41) is 0. The Hall–Kier alpha value is -0.120. The molecule has 3 nitrogen and oxygen atoms in total. The first-order chi connectivity index (χ1) is 8.81. The molecule has 2 N–H and O–H groups in total. The Morgan fingerprint density at radius 2 is 1.72 bits per heavy atom. The van der Waals surface area contributed by atoms with Crippen LogP contribution in [-0.2, 0) is 4.74 Å². The highest BCUT2D eigenvalue weighted by atomic mass is 16.5. The summed E-state index contributed by atoms with van der Waals surface area (Å²) in [5.74, 6) is 0. The van der Waals surface area contributed by atoms with Gasteiger partial charge in [-0.1, -0.05) is 6.92 Å². The van der Waals surface area contributed by atoms with E-state index in [1.165, 1.54) is 57.9 Å². The average Bonchev–Trinajstić information content (AvgIpc) is 2.66. The molecule has 2 aliphatic rings. The molecule has 0 bridgehead atoms. The first-order valence-corrected chi connectivity index (χ1v) is 7.90. The third-order valence-electron chi connectivity index (χ3n) is 4.58. The Bertz CT molecular complexity index is 219. The molecule has 1 heterocycles. The van der Waals surface area contributed by atoms with E-state index in [2.05, 4.69) is 11.8 Å². The van der Waals surface area contributed by atoms with Gasteiger partial charge in [0, 0.05) is 31.3 Å². The lowest BCUT2D eigenvalue weighted by Gasteiger charge is -2.40. The molecule has 1 aliphatic carbocycles. The predicted molar refractivity (Wildman–Crippen MR) is 75.7 cm³/mol. The van der Waals surface area contributed by atoms with Crippen molar-refractivity contribution in [1.29, 1.82) is 0 Å². The van der Waals surface area contributed by atoms with Crippen LogP contribution in [0.4, 0.5) is 0 Å². The van der Waals surface area contributed by atoms with Gasteiger partial charge in [0.1, 0.15) is 0 Å². The monoisotopic (exact) mass is 254 g/mol. The van der Waals surface area contributed by atoms with Gasteiger partial charge in [0.05, 0.1) is 0 Å². The Labute approximate surface area is 112 Å². The minimum atomic E-state index is 0.460. The fourth-order valence-electron chi connectivity index (χ4n) is 3.57. The molecule has 1 saturated carbocycles. The van der Waals surface area contributed by atoms with E-state index >= 15 is 0 Å². The molecule has 1 saturated heterocycles. The second-order valence-corrected chi connectivity index (χ2v) is 6.00. The van der Waals surface area contributed by atoms with Crippen molar-refractivity contribution >= 4 is 0 Å². The van der Waals surface area contributed by atoms with Crippen LogP contribution in [0, 0.1) is 0 Å². The standard InChI is InChI=1S/C15H30N2O/c1-2-10-17(14-4-3-11-18-12-9-14)15-7-5-13(16)6-8-15/h13-15H,2-12,16H2,1H3. The van der Waals surface area contributed by atoms with E-state index < -0.39 is 0 Å². The quantitative estimate of drug-likeness (QED) is 0.838. The van der Waals surface area contributed by atoms with Gasteiger partial charge < -0.3 is 10.5 Å². The molecule has 0 spiro atoms. The molecule has 1 unspecified atom stereocenters. The van der Waals surface area contributed by atoms with Gasteiger partial charge >= 0.3 is 0 Å². The average molecular weight is 254 g/mol. The summed E-state index contributed by atoms with van der Waals surface area (Å²) >= 11 is 0. The van der Waals surface area contributed by atoms with Crippen molar-refractivity contribution in [2.45, 2.75) is 76.4 Å². The fourth-order valence-corrected chi connectivity index (χ4v) is 3.57. The molecule has 0 aromatic rings. The third kappa shape index (κ3) is 3.94. The molecule has 106 valence electrons. The molecular weight excluding hydrogens is 224 g/mol. The van der Waals surface area contributed by atoms with Crippen LogP contribution in [0.3, 0.4) is 0 Å². The summed E-state index contributed by atoms with van der Waals surface area (Å²) in [7, 11) is 0. The Morgan fingerprint density at radius 1 is 1.00 bits per heavy atom. The number of hydrogen-bond acceptors (Lipinski definition) is 3. The SMILES string of the molecule is CCCN(C1CCCOCC1)C1CCC(N)CC1. The fraction of sp³-hybridized carbons (Fsp3) is 1.00. The maximum atomic E-state index is 6.04. The van der Waals surface area contributed by atoms with E-state index in [1.54, 1.807) is 0 Å². The molecule has 2 fully saturated rings. The minimum absolute atomic E-state index is 0.460. The van der Waals surface area contributed by atoms with Crippen molar-refractivity contribution in [3.63, 3.8) is 0 Å². The first-order valence-electron chi connectivity index (χ1n) is 7.90. The van der Waals surface area contributed by atoms with E-state index in [4.69, 9.17) is 10.5 Å². The van der Waals surface area contributed by atoms with Crippen molar-refractivity contribution in [3.05, 3.63) is 0 Å². The van der Waals surface area contributed by atoms with Crippen LogP contribution >= 0.6 is 0 Å². The lowest BCUT2D eigenvalue weighted by Crippen LogP contribution is -2.47. The number of rotatable bonds is 4. The first kappa shape index (κ1) is 14.3. The summed E-state index contributed by atoms with van der Waals surface area (Å²) in [6, 6.07) is 2.00. The summed E-state index contributed by atoms with van der Waals surface area (Å²) < 4.78 is 5.61. The Morgan fingerprint density at radius 3 is 2.44 bits per heavy atom. The van der Waals surface area contributed by atoms with E-state index in [-0.39, 0.29) is 0 Å². The van der Waals surface area contributed by atoms with Gasteiger partial charge in [-0.25, -0.2) is 0 Å². The molecule has 2 rings (SSSR count). The van der Waals surface area contributed by atoms with Crippen LogP contribution in [0.2, 0.25) is 0 Å². The van der Waals surface area contributed by atoms with Crippen molar-refractivity contribution in [2.24, 2.45) is 5.73 Å². The zero-order chi connectivity index (χ0) is 12.8. The molecule has 0 radical (unpaired) electrons. The van der Waals surface area contributed by atoms with Crippen molar-refractivity contribution in [3.8, 4) is 0 Å². The molecular formula is C15H30N2O. The topological polar surface area (TPSA) is 38.5 Å². The maximum Gasteiger partial charge on any atom is 0.0480 e. The molecule has 1 aliphatic heterocycles. The highest BCUT2D eigenvalue weighted by Crippen LogP contribution is 2.27. The molecule has 0 amide bonds. The second-order valence-electron chi connectivity index (χ2n) is 6.00. The minimum Gasteiger partial charge on any atom is -0.381 e. The van der Waals surface area contributed by atoms with Gasteiger partial charge in [-0.3, -0.25) is 4.90 Å². The lowest BCUT2D eigenvalue weighted by molar-refractivity contribution is 0.0820.